The molecule has 1 amide bonds. The first kappa shape index (κ1) is 15.7. The highest BCUT2D eigenvalue weighted by atomic mass is 32.1. The maximum Gasteiger partial charge on any atom is 0.350 e. The lowest BCUT2D eigenvalue weighted by Crippen LogP contribution is -2.33. The van der Waals surface area contributed by atoms with Gasteiger partial charge in [-0.3, -0.25) is 14.6 Å². The number of rotatable bonds is 3. The van der Waals surface area contributed by atoms with Gasteiger partial charge in [0.15, 0.2) is 11.4 Å². The Hall–Kier alpha value is -2.81. The number of aromatic nitrogens is 4. The molecule has 0 bridgehead atoms. The van der Waals surface area contributed by atoms with E-state index in [9.17, 15) is 14.4 Å². The van der Waals surface area contributed by atoms with Crippen molar-refractivity contribution >= 4 is 28.7 Å². The van der Waals surface area contributed by atoms with Crippen molar-refractivity contribution < 1.29 is 9.59 Å². The van der Waals surface area contributed by atoms with E-state index in [1.165, 1.54) is 34.3 Å². The summed E-state index contributed by atoms with van der Waals surface area (Å²) >= 11 is 1.44. The van der Waals surface area contributed by atoms with E-state index in [1.807, 2.05) is 6.07 Å². The number of carbonyl (C=O) groups excluding carboxylic acids is 2. The molecule has 0 saturated heterocycles. The van der Waals surface area contributed by atoms with Gasteiger partial charge >= 0.3 is 5.69 Å². The van der Waals surface area contributed by atoms with Crippen molar-refractivity contribution in [2.24, 2.45) is 0 Å². The molecule has 128 valence electrons. The number of nitrogens with zero attached hydrogens (tertiary/aromatic N) is 5. The van der Waals surface area contributed by atoms with Gasteiger partial charge in [-0.05, 0) is 18.1 Å². The monoisotopic (exact) mass is 357 g/mol. The van der Waals surface area contributed by atoms with Crippen molar-refractivity contribution in [2.75, 3.05) is 6.54 Å². The first-order valence-corrected chi connectivity index (χ1v) is 8.64. The molecule has 1 aliphatic rings. The molecular formula is C16H15N5O3S. The maximum atomic E-state index is 12.6. The normalized spacial score (nSPS) is 13.9. The lowest BCUT2D eigenvalue weighted by molar-refractivity contribution is -0.129. The number of carbonyl (C=O) groups is 2. The molecule has 0 unspecified atom stereocenters. The Morgan fingerprint density at radius 1 is 1.36 bits per heavy atom. The molecule has 0 aliphatic carbocycles. The predicted octanol–water partition coefficient (Wildman–Crippen LogP) is 0.740. The minimum Gasteiger partial charge on any atom is -0.338 e. The number of ketones is 1. The van der Waals surface area contributed by atoms with E-state index in [-0.39, 0.29) is 23.9 Å². The van der Waals surface area contributed by atoms with Crippen LogP contribution < -0.4 is 5.69 Å². The van der Waals surface area contributed by atoms with E-state index < -0.39 is 0 Å². The smallest absolute Gasteiger partial charge is 0.338 e. The summed E-state index contributed by atoms with van der Waals surface area (Å²) in [5, 5.41) is 4.13. The Bertz CT molecular complexity index is 1050. The third-order valence-corrected chi connectivity index (χ3v) is 5.55. The summed E-state index contributed by atoms with van der Waals surface area (Å²) in [6.45, 7) is 2.65. The number of amides is 1. The molecule has 1 aliphatic heterocycles. The molecule has 0 saturated carbocycles. The second kappa shape index (κ2) is 5.92. The zero-order valence-corrected chi connectivity index (χ0v) is 14.3. The van der Waals surface area contributed by atoms with Crippen LogP contribution in [-0.2, 0) is 24.3 Å². The van der Waals surface area contributed by atoms with Gasteiger partial charge < -0.3 is 4.90 Å². The second-order valence-corrected chi connectivity index (χ2v) is 7.05. The largest absolute Gasteiger partial charge is 0.350 e. The van der Waals surface area contributed by atoms with Gasteiger partial charge in [0.1, 0.15) is 6.54 Å². The van der Waals surface area contributed by atoms with Crippen molar-refractivity contribution in [1.82, 2.24) is 24.1 Å². The topological polar surface area (TPSA) is 89.6 Å². The number of fused-ring (bicyclic) bond motifs is 2. The molecule has 3 aromatic rings. The second-order valence-electron chi connectivity index (χ2n) is 5.92. The Morgan fingerprint density at radius 3 is 2.96 bits per heavy atom. The molecule has 8 nitrogen and oxygen atoms in total. The Kier molecular flexibility index (Phi) is 3.72. The minimum absolute atomic E-state index is 0.0367. The summed E-state index contributed by atoms with van der Waals surface area (Å²) in [6.07, 6.45) is 5.25. The predicted molar refractivity (Wildman–Crippen MR) is 90.7 cm³/mol. The molecule has 0 atom stereocenters. The summed E-state index contributed by atoms with van der Waals surface area (Å²) < 4.78 is 2.50. The number of thiophene rings is 1. The molecule has 0 N–H and O–H groups in total. The zero-order chi connectivity index (χ0) is 17.6. The average Bonchev–Trinajstić information content (AvgIpc) is 3.16. The summed E-state index contributed by atoms with van der Waals surface area (Å²) in [6, 6.07) is 1.83. The Balaban J connectivity index is 1.59. The van der Waals surface area contributed by atoms with Crippen LogP contribution >= 0.6 is 11.3 Å². The summed E-state index contributed by atoms with van der Waals surface area (Å²) in [7, 11) is 0. The molecule has 3 aromatic heterocycles. The van der Waals surface area contributed by atoms with Gasteiger partial charge in [0.05, 0.1) is 11.1 Å². The highest BCUT2D eigenvalue weighted by molar-refractivity contribution is 7.14. The quantitative estimate of drug-likeness (QED) is 0.645. The van der Waals surface area contributed by atoms with E-state index in [0.29, 0.717) is 23.6 Å². The lowest BCUT2D eigenvalue weighted by Gasteiger charge is -2.25. The molecule has 9 heteroatoms. The van der Waals surface area contributed by atoms with Crippen LogP contribution in [0.3, 0.4) is 0 Å². The number of hydrogen-bond donors (Lipinski definition) is 0. The van der Waals surface area contributed by atoms with Gasteiger partial charge in [-0.1, -0.05) is 0 Å². The number of hydrogen-bond acceptors (Lipinski definition) is 6. The van der Waals surface area contributed by atoms with Crippen molar-refractivity contribution in [3.63, 3.8) is 0 Å². The van der Waals surface area contributed by atoms with E-state index in [1.54, 1.807) is 11.8 Å². The fourth-order valence-corrected chi connectivity index (χ4v) is 4.03. The first-order valence-electron chi connectivity index (χ1n) is 7.82. The van der Waals surface area contributed by atoms with Gasteiger partial charge in [0, 0.05) is 37.3 Å². The summed E-state index contributed by atoms with van der Waals surface area (Å²) in [5.74, 6) is -0.123. The van der Waals surface area contributed by atoms with Gasteiger partial charge in [0.2, 0.25) is 5.91 Å². The fraction of sp³-hybridized carbons (Fsp3) is 0.312. The molecule has 0 aromatic carbocycles. The van der Waals surface area contributed by atoms with E-state index in [4.69, 9.17) is 0 Å². The Morgan fingerprint density at radius 2 is 2.20 bits per heavy atom. The highest BCUT2D eigenvalue weighted by Crippen LogP contribution is 2.28. The third-order valence-electron chi connectivity index (χ3n) is 4.27. The molecule has 25 heavy (non-hydrogen) atoms. The molecule has 0 fully saturated rings. The van der Waals surface area contributed by atoms with Crippen LogP contribution in [0.4, 0.5) is 0 Å². The Labute approximate surface area is 146 Å². The van der Waals surface area contributed by atoms with Crippen molar-refractivity contribution in [3.8, 4) is 0 Å². The zero-order valence-electron chi connectivity index (χ0n) is 13.5. The van der Waals surface area contributed by atoms with Crippen molar-refractivity contribution in [1.29, 1.82) is 0 Å². The van der Waals surface area contributed by atoms with Gasteiger partial charge in [0.25, 0.3) is 0 Å². The van der Waals surface area contributed by atoms with Crippen LogP contribution in [0.15, 0.2) is 29.5 Å². The van der Waals surface area contributed by atoms with Crippen LogP contribution in [0.5, 0.6) is 0 Å². The fourth-order valence-electron chi connectivity index (χ4n) is 2.94. The van der Waals surface area contributed by atoms with Crippen LogP contribution in [0.1, 0.15) is 27.0 Å². The average molecular weight is 357 g/mol. The molecule has 4 heterocycles. The highest BCUT2D eigenvalue weighted by Gasteiger charge is 2.23. The van der Waals surface area contributed by atoms with E-state index in [0.717, 1.165) is 21.5 Å². The molecular weight excluding hydrogens is 342 g/mol. The lowest BCUT2D eigenvalue weighted by atomic mass is 10.1. The first-order chi connectivity index (χ1) is 12.0. The minimum atomic E-state index is -0.366. The van der Waals surface area contributed by atoms with E-state index in [2.05, 4.69) is 10.1 Å². The van der Waals surface area contributed by atoms with Crippen molar-refractivity contribution in [3.05, 3.63) is 50.5 Å². The molecule has 0 spiro atoms. The van der Waals surface area contributed by atoms with Gasteiger partial charge in [-0.15, -0.1) is 16.4 Å². The number of Topliss-reactive ketones (excluding diaryl/α,β-unsaturated/α-hetero) is 1. The maximum absolute atomic E-state index is 12.6. The standard InChI is InChI=1S/C16H15N5O3S/c1-10(22)19-4-2-13-11(8-19)6-14(25-13)12(23)9-21-16(24)20-5-3-17-7-15(20)18-21/h3,5-7H,2,4,8-9H2,1H3. The molecule has 4 rings (SSSR count). The van der Waals surface area contributed by atoms with Crippen LogP contribution in [-0.4, -0.2) is 42.3 Å². The summed E-state index contributed by atoms with van der Waals surface area (Å²) in [5.41, 5.74) is 1.05. The van der Waals surface area contributed by atoms with Crippen LogP contribution in [0, 0.1) is 0 Å². The van der Waals surface area contributed by atoms with Gasteiger partial charge in [-0.2, -0.15) is 0 Å². The summed E-state index contributed by atoms with van der Waals surface area (Å²) in [4.78, 5) is 43.8. The van der Waals surface area contributed by atoms with Crippen LogP contribution in [0.25, 0.3) is 5.65 Å². The van der Waals surface area contributed by atoms with Gasteiger partial charge in [-0.25, -0.2) is 13.9 Å². The molecule has 0 radical (unpaired) electrons. The van der Waals surface area contributed by atoms with Crippen LogP contribution in [0.2, 0.25) is 0 Å². The van der Waals surface area contributed by atoms with E-state index >= 15 is 0 Å². The van der Waals surface area contributed by atoms with Crippen molar-refractivity contribution in [2.45, 2.75) is 26.4 Å². The third kappa shape index (κ3) is 2.76. The SMILES string of the molecule is CC(=O)N1CCc2sc(C(=O)Cn3nc4cnccn4c3=O)cc2C1.